The molecular weight excluding hydrogens is 393 g/mol. The van der Waals surface area contributed by atoms with Gasteiger partial charge in [-0.1, -0.05) is 12.1 Å². The number of likely N-dealkylation sites (tertiary alicyclic amines) is 2. The van der Waals surface area contributed by atoms with Crippen LogP contribution < -0.4 is 10.5 Å². The molecule has 0 bridgehead atoms. The van der Waals surface area contributed by atoms with Crippen molar-refractivity contribution in [3.8, 4) is 11.5 Å². The van der Waals surface area contributed by atoms with Gasteiger partial charge in [-0.3, -0.25) is 4.79 Å². The number of nitrogens with zero attached hydrogens (tertiary/aromatic N) is 2. The molecule has 2 aliphatic rings. The smallest absolute Gasteiger partial charge is 0.257 e. The maximum atomic E-state index is 14.7. The van der Waals surface area contributed by atoms with E-state index < -0.39 is 5.82 Å². The van der Waals surface area contributed by atoms with Crippen LogP contribution in [0.15, 0.2) is 42.5 Å². The Hall–Kier alpha value is -2.44. The second kappa shape index (κ2) is 10.2. The van der Waals surface area contributed by atoms with Gasteiger partial charge in [0.05, 0.1) is 5.56 Å². The van der Waals surface area contributed by atoms with E-state index in [1.165, 1.54) is 25.0 Å². The highest BCUT2D eigenvalue weighted by Crippen LogP contribution is 2.27. The predicted octanol–water partition coefficient (Wildman–Crippen LogP) is 4.21. The molecule has 2 saturated heterocycles. The highest BCUT2D eigenvalue weighted by molar-refractivity contribution is 5.95. The van der Waals surface area contributed by atoms with E-state index >= 15 is 0 Å². The summed E-state index contributed by atoms with van der Waals surface area (Å²) in [7, 11) is 0. The van der Waals surface area contributed by atoms with Crippen molar-refractivity contribution in [3.63, 3.8) is 0 Å². The minimum absolute atomic E-state index is 0.0885. The Bertz CT molecular complexity index is 881. The lowest BCUT2D eigenvalue weighted by Gasteiger charge is -2.38. The lowest BCUT2D eigenvalue weighted by molar-refractivity contribution is 0.0555. The number of carbonyl (C=O) groups excluding carboxylic acids is 1. The monoisotopic (exact) mass is 425 g/mol. The highest BCUT2D eigenvalue weighted by Gasteiger charge is 2.31. The van der Waals surface area contributed by atoms with E-state index in [-0.39, 0.29) is 17.5 Å². The van der Waals surface area contributed by atoms with Crippen LogP contribution in [0, 0.1) is 5.82 Å². The molecule has 0 aromatic heterocycles. The summed E-state index contributed by atoms with van der Waals surface area (Å²) in [5, 5.41) is 0. The molecule has 4 rings (SSSR count). The minimum Gasteiger partial charge on any atom is -0.457 e. The number of hydrogen-bond acceptors (Lipinski definition) is 4. The van der Waals surface area contributed by atoms with Crippen molar-refractivity contribution in [2.75, 3.05) is 32.7 Å². The molecular formula is C25H32FN3O2. The van der Waals surface area contributed by atoms with Crippen LogP contribution in [0.25, 0.3) is 0 Å². The van der Waals surface area contributed by atoms with E-state index in [1.807, 2.05) is 29.2 Å². The Kier molecular flexibility index (Phi) is 7.20. The normalized spacial score (nSPS) is 19.5. The van der Waals surface area contributed by atoms with Gasteiger partial charge in [-0.15, -0.1) is 0 Å². The molecule has 5 nitrogen and oxygen atoms in total. The van der Waals surface area contributed by atoms with Gasteiger partial charge in [0.2, 0.25) is 0 Å². The summed E-state index contributed by atoms with van der Waals surface area (Å²) < 4.78 is 20.6. The molecule has 2 aromatic rings. The van der Waals surface area contributed by atoms with Gasteiger partial charge in [0.25, 0.3) is 5.91 Å². The Morgan fingerprint density at radius 2 is 1.71 bits per heavy atom. The van der Waals surface area contributed by atoms with E-state index in [0.29, 0.717) is 24.6 Å². The molecule has 1 unspecified atom stereocenters. The van der Waals surface area contributed by atoms with E-state index in [2.05, 4.69) is 4.90 Å². The molecule has 2 heterocycles. The summed E-state index contributed by atoms with van der Waals surface area (Å²) in [4.78, 5) is 17.6. The van der Waals surface area contributed by atoms with E-state index in [0.717, 1.165) is 50.9 Å². The summed E-state index contributed by atoms with van der Waals surface area (Å²) in [6, 6.07) is 12.2. The maximum absolute atomic E-state index is 14.7. The number of halogens is 1. The molecule has 1 atom stereocenters. The number of piperidine rings is 1. The van der Waals surface area contributed by atoms with Gasteiger partial charge in [0.15, 0.2) is 0 Å². The lowest BCUT2D eigenvalue weighted by atomic mass is 10.00. The molecule has 0 saturated carbocycles. The van der Waals surface area contributed by atoms with E-state index in [9.17, 15) is 9.18 Å². The molecule has 2 N–H and O–H groups in total. The van der Waals surface area contributed by atoms with Gasteiger partial charge < -0.3 is 20.3 Å². The molecule has 1 amide bonds. The fraction of sp³-hybridized carbons (Fsp3) is 0.480. The van der Waals surface area contributed by atoms with Crippen molar-refractivity contribution < 1.29 is 13.9 Å². The van der Waals surface area contributed by atoms with Crippen LogP contribution in [0.5, 0.6) is 11.5 Å². The number of carbonyl (C=O) groups is 1. The summed E-state index contributed by atoms with van der Waals surface area (Å²) in [6.45, 7) is 4.36. The summed E-state index contributed by atoms with van der Waals surface area (Å²) in [5.41, 5.74) is 6.82. The molecule has 2 fully saturated rings. The molecule has 0 radical (unpaired) electrons. The predicted molar refractivity (Wildman–Crippen MR) is 120 cm³/mol. The number of rotatable bonds is 7. The van der Waals surface area contributed by atoms with Crippen LogP contribution in [0.4, 0.5) is 4.39 Å². The largest absolute Gasteiger partial charge is 0.457 e. The first kappa shape index (κ1) is 21.8. The quantitative estimate of drug-likeness (QED) is 0.722. The Morgan fingerprint density at radius 3 is 2.45 bits per heavy atom. The van der Waals surface area contributed by atoms with Gasteiger partial charge in [0.1, 0.15) is 17.3 Å². The van der Waals surface area contributed by atoms with Crippen molar-refractivity contribution in [1.29, 1.82) is 0 Å². The first-order valence-electron chi connectivity index (χ1n) is 11.4. The van der Waals surface area contributed by atoms with Crippen LogP contribution in [-0.4, -0.2) is 54.5 Å². The number of benzene rings is 2. The van der Waals surface area contributed by atoms with Crippen molar-refractivity contribution >= 4 is 5.91 Å². The van der Waals surface area contributed by atoms with Crippen molar-refractivity contribution in [3.05, 3.63) is 59.4 Å². The molecule has 2 aromatic carbocycles. The zero-order valence-electron chi connectivity index (χ0n) is 18.1. The molecule has 0 aliphatic carbocycles. The third-order valence-corrected chi connectivity index (χ3v) is 6.32. The maximum Gasteiger partial charge on any atom is 0.257 e. The van der Waals surface area contributed by atoms with Gasteiger partial charge >= 0.3 is 0 Å². The Balaban J connectivity index is 1.49. The number of amides is 1. The first-order valence-corrected chi connectivity index (χ1v) is 11.4. The second-order valence-corrected chi connectivity index (χ2v) is 8.58. The van der Waals surface area contributed by atoms with Crippen LogP contribution >= 0.6 is 0 Å². The van der Waals surface area contributed by atoms with Gasteiger partial charge in [-0.25, -0.2) is 4.39 Å². The van der Waals surface area contributed by atoms with Crippen molar-refractivity contribution in [2.24, 2.45) is 5.73 Å². The molecule has 166 valence electrons. The van der Waals surface area contributed by atoms with Gasteiger partial charge in [-0.05, 0) is 94.1 Å². The fourth-order valence-corrected chi connectivity index (χ4v) is 4.63. The van der Waals surface area contributed by atoms with Crippen molar-refractivity contribution in [1.82, 2.24) is 9.80 Å². The topological polar surface area (TPSA) is 58.8 Å². The average molecular weight is 426 g/mol. The number of hydrogen-bond donors (Lipinski definition) is 1. The molecule has 0 spiro atoms. The minimum atomic E-state index is -0.499. The Morgan fingerprint density at radius 1 is 1.00 bits per heavy atom. The number of nitrogens with two attached hydrogens (primary N) is 1. The summed E-state index contributed by atoms with van der Waals surface area (Å²) >= 11 is 0. The molecule has 31 heavy (non-hydrogen) atoms. The highest BCUT2D eigenvalue weighted by atomic mass is 19.1. The summed E-state index contributed by atoms with van der Waals surface area (Å²) in [6.07, 6.45) is 6.33. The lowest BCUT2D eigenvalue weighted by Crippen LogP contribution is -2.49. The van der Waals surface area contributed by atoms with Crippen LogP contribution in [0.2, 0.25) is 0 Å². The average Bonchev–Trinajstić information content (AvgIpc) is 3.30. The fourth-order valence-electron chi connectivity index (χ4n) is 4.63. The standard InChI is InChI=1S/C25H32FN3O2/c26-24-11-10-22(31-21-8-6-19(7-9-21)12-13-27)17-23(24)25(30)29-16-2-1-5-20(29)18-28-14-3-4-15-28/h6-11,17,20H,1-5,12-16,18,27H2. The first-order chi connectivity index (χ1) is 15.1. The van der Waals surface area contributed by atoms with Crippen LogP contribution in [0.3, 0.4) is 0 Å². The van der Waals surface area contributed by atoms with E-state index in [4.69, 9.17) is 10.5 Å². The van der Waals surface area contributed by atoms with Crippen molar-refractivity contribution in [2.45, 2.75) is 44.6 Å². The van der Waals surface area contributed by atoms with Gasteiger partial charge in [-0.2, -0.15) is 0 Å². The Labute approximate surface area is 184 Å². The number of ether oxygens (including phenoxy) is 1. The van der Waals surface area contributed by atoms with Crippen LogP contribution in [0.1, 0.15) is 48.0 Å². The summed E-state index contributed by atoms with van der Waals surface area (Å²) in [5.74, 6) is 0.381. The van der Waals surface area contributed by atoms with Gasteiger partial charge in [0, 0.05) is 19.1 Å². The molecule has 2 aliphatic heterocycles. The zero-order chi connectivity index (χ0) is 21.6. The second-order valence-electron chi connectivity index (χ2n) is 8.58. The third kappa shape index (κ3) is 5.43. The van der Waals surface area contributed by atoms with Crippen LogP contribution in [-0.2, 0) is 6.42 Å². The SMILES string of the molecule is NCCc1ccc(Oc2ccc(F)c(C(=O)N3CCCCC3CN3CCCC3)c2)cc1. The molecule has 6 heteroatoms. The zero-order valence-corrected chi connectivity index (χ0v) is 18.1. The third-order valence-electron chi connectivity index (χ3n) is 6.32. The van der Waals surface area contributed by atoms with E-state index in [1.54, 1.807) is 6.07 Å².